The number of hydrogen-bond acceptors (Lipinski definition) is 5. The number of aromatic nitrogens is 2. The van der Waals surface area contributed by atoms with Crippen molar-refractivity contribution in [3.05, 3.63) is 57.7 Å². The molecular formula is C15H13ClN2O3S. The maximum absolute atomic E-state index is 12.7. The second kappa shape index (κ2) is 6.56. The van der Waals surface area contributed by atoms with Crippen LogP contribution in [0, 0.1) is 0 Å². The number of hydrogen-bond donors (Lipinski definition) is 1. The minimum Gasteiger partial charge on any atom is -0.467 e. The van der Waals surface area contributed by atoms with E-state index in [1.54, 1.807) is 41.2 Å². The fraction of sp³-hybridized carbons (Fsp3) is 0.200. The van der Waals surface area contributed by atoms with Crippen molar-refractivity contribution in [3.63, 3.8) is 0 Å². The highest BCUT2D eigenvalue weighted by atomic mass is 35.5. The Balaban J connectivity index is 2.15. The molecule has 0 aliphatic rings. The third-order valence-corrected chi connectivity index (χ3v) is 4.29. The first-order valence-corrected chi connectivity index (χ1v) is 8.01. The number of thioether (sulfide) groups is 1. The van der Waals surface area contributed by atoms with Crippen LogP contribution >= 0.6 is 23.4 Å². The molecule has 3 rings (SSSR count). The van der Waals surface area contributed by atoms with Crippen molar-refractivity contribution in [1.29, 1.82) is 0 Å². The number of halogens is 1. The molecule has 0 radical (unpaired) electrons. The number of aliphatic hydroxyl groups excluding tert-OH is 1. The lowest BCUT2D eigenvalue weighted by Gasteiger charge is -2.11. The smallest absolute Gasteiger partial charge is 0.262 e. The van der Waals surface area contributed by atoms with Crippen LogP contribution in [-0.4, -0.2) is 27.0 Å². The first-order chi connectivity index (χ1) is 10.7. The zero-order valence-electron chi connectivity index (χ0n) is 11.5. The highest BCUT2D eigenvalue weighted by molar-refractivity contribution is 7.99. The summed E-state index contributed by atoms with van der Waals surface area (Å²) in [7, 11) is 0. The second-order valence-corrected chi connectivity index (χ2v) is 6.10. The van der Waals surface area contributed by atoms with Gasteiger partial charge in [0, 0.05) is 10.8 Å². The third kappa shape index (κ3) is 3.04. The fourth-order valence-electron chi connectivity index (χ4n) is 2.12. The molecule has 5 nitrogen and oxygen atoms in total. The summed E-state index contributed by atoms with van der Waals surface area (Å²) >= 11 is 7.29. The number of aliphatic hydroxyl groups is 1. The molecule has 0 bridgehead atoms. The molecule has 0 saturated carbocycles. The van der Waals surface area contributed by atoms with Gasteiger partial charge in [0.2, 0.25) is 0 Å². The molecule has 0 aliphatic carbocycles. The van der Waals surface area contributed by atoms with Crippen LogP contribution in [0.3, 0.4) is 0 Å². The molecule has 2 heterocycles. The van der Waals surface area contributed by atoms with Crippen molar-refractivity contribution >= 4 is 34.3 Å². The highest BCUT2D eigenvalue weighted by Gasteiger charge is 2.13. The maximum Gasteiger partial charge on any atom is 0.262 e. The van der Waals surface area contributed by atoms with E-state index in [9.17, 15) is 4.79 Å². The van der Waals surface area contributed by atoms with Gasteiger partial charge in [-0.25, -0.2) is 4.98 Å². The lowest BCUT2D eigenvalue weighted by Crippen LogP contribution is -2.24. The molecule has 0 unspecified atom stereocenters. The zero-order valence-corrected chi connectivity index (χ0v) is 13.1. The number of benzene rings is 1. The second-order valence-electron chi connectivity index (χ2n) is 4.60. The summed E-state index contributed by atoms with van der Waals surface area (Å²) in [6.07, 6.45) is 1.56. The van der Waals surface area contributed by atoms with Gasteiger partial charge in [0.15, 0.2) is 5.16 Å². The van der Waals surface area contributed by atoms with E-state index in [1.165, 1.54) is 11.8 Å². The van der Waals surface area contributed by atoms with Crippen LogP contribution in [0.1, 0.15) is 5.76 Å². The summed E-state index contributed by atoms with van der Waals surface area (Å²) in [6, 6.07) is 8.59. The first-order valence-electron chi connectivity index (χ1n) is 6.65. The Morgan fingerprint density at radius 1 is 1.36 bits per heavy atom. The van der Waals surface area contributed by atoms with Gasteiger partial charge in [-0.1, -0.05) is 23.4 Å². The Morgan fingerprint density at radius 3 is 2.95 bits per heavy atom. The van der Waals surface area contributed by atoms with Crippen molar-refractivity contribution in [2.24, 2.45) is 0 Å². The molecule has 22 heavy (non-hydrogen) atoms. The zero-order chi connectivity index (χ0) is 15.5. The van der Waals surface area contributed by atoms with Gasteiger partial charge in [0.1, 0.15) is 5.76 Å². The minimum absolute atomic E-state index is 0.00880. The first kappa shape index (κ1) is 15.1. The van der Waals surface area contributed by atoms with E-state index < -0.39 is 0 Å². The minimum atomic E-state index is -0.154. The van der Waals surface area contributed by atoms with Crippen molar-refractivity contribution in [3.8, 4) is 0 Å². The van der Waals surface area contributed by atoms with Gasteiger partial charge in [-0.2, -0.15) is 0 Å². The Kier molecular flexibility index (Phi) is 4.52. The summed E-state index contributed by atoms with van der Waals surface area (Å²) in [5, 5.41) is 10.6. The van der Waals surface area contributed by atoms with E-state index in [2.05, 4.69) is 4.98 Å². The molecule has 0 amide bonds. The van der Waals surface area contributed by atoms with Crippen LogP contribution < -0.4 is 5.56 Å². The number of rotatable bonds is 5. The van der Waals surface area contributed by atoms with Crippen LogP contribution in [0.15, 0.2) is 51.0 Å². The molecule has 2 aromatic heterocycles. The highest BCUT2D eigenvalue weighted by Crippen LogP contribution is 2.21. The molecule has 0 saturated heterocycles. The van der Waals surface area contributed by atoms with E-state index in [0.717, 1.165) is 0 Å². The average molecular weight is 337 g/mol. The molecule has 3 aromatic rings. The molecule has 1 N–H and O–H groups in total. The lowest BCUT2D eigenvalue weighted by atomic mass is 10.2. The third-order valence-electron chi connectivity index (χ3n) is 3.10. The van der Waals surface area contributed by atoms with Crippen molar-refractivity contribution in [2.75, 3.05) is 12.4 Å². The summed E-state index contributed by atoms with van der Waals surface area (Å²) in [5.41, 5.74) is 0.396. The van der Waals surface area contributed by atoms with E-state index >= 15 is 0 Å². The predicted molar refractivity (Wildman–Crippen MR) is 86.6 cm³/mol. The molecule has 0 fully saturated rings. The van der Waals surface area contributed by atoms with Gasteiger partial charge in [0.25, 0.3) is 5.56 Å². The Bertz CT molecular complexity index is 846. The molecule has 7 heteroatoms. The van der Waals surface area contributed by atoms with Crippen LogP contribution in [0.4, 0.5) is 0 Å². The quantitative estimate of drug-likeness (QED) is 0.573. The van der Waals surface area contributed by atoms with Crippen molar-refractivity contribution in [1.82, 2.24) is 9.55 Å². The van der Waals surface area contributed by atoms with Crippen LogP contribution in [-0.2, 0) is 6.54 Å². The lowest BCUT2D eigenvalue weighted by molar-refractivity contribution is 0.322. The van der Waals surface area contributed by atoms with E-state index in [4.69, 9.17) is 21.1 Å². The van der Waals surface area contributed by atoms with Gasteiger partial charge in [-0.05, 0) is 30.3 Å². The monoisotopic (exact) mass is 336 g/mol. The van der Waals surface area contributed by atoms with Gasteiger partial charge >= 0.3 is 0 Å². The number of fused-ring (bicyclic) bond motifs is 1. The van der Waals surface area contributed by atoms with E-state index in [0.29, 0.717) is 39.1 Å². The summed E-state index contributed by atoms with van der Waals surface area (Å²) in [5.74, 6) is 1.12. The largest absolute Gasteiger partial charge is 0.467 e. The summed E-state index contributed by atoms with van der Waals surface area (Å²) in [6.45, 7) is 0.306. The molecule has 0 aliphatic heterocycles. The molecule has 1 aromatic carbocycles. The standard InChI is InChI=1S/C15H13ClN2O3S/c16-10-3-4-12-13(8-10)17-15(22-7-5-19)18(14(12)20)9-11-2-1-6-21-11/h1-4,6,8,19H,5,7,9H2. The topological polar surface area (TPSA) is 68.3 Å². The van der Waals surface area contributed by atoms with Crippen molar-refractivity contribution in [2.45, 2.75) is 11.7 Å². The molecular weight excluding hydrogens is 324 g/mol. The Hall–Kier alpha value is -1.76. The Labute approximate surface area is 135 Å². The normalized spacial score (nSPS) is 11.2. The fourth-order valence-corrected chi connectivity index (χ4v) is 3.03. The summed E-state index contributed by atoms with van der Waals surface area (Å²) in [4.78, 5) is 17.2. The van der Waals surface area contributed by atoms with Gasteiger partial charge in [-0.15, -0.1) is 0 Å². The number of furan rings is 1. The predicted octanol–water partition coefficient (Wildman–Crippen LogP) is 2.78. The SMILES string of the molecule is O=c1c2ccc(Cl)cc2nc(SCCO)n1Cc1ccco1. The van der Waals surface area contributed by atoms with Crippen LogP contribution in [0.5, 0.6) is 0 Å². The molecule has 0 atom stereocenters. The maximum atomic E-state index is 12.7. The van der Waals surface area contributed by atoms with Gasteiger partial charge < -0.3 is 9.52 Å². The van der Waals surface area contributed by atoms with E-state index in [-0.39, 0.29) is 12.2 Å². The molecule has 114 valence electrons. The summed E-state index contributed by atoms with van der Waals surface area (Å²) < 4.78 is 6.87. The van der Waals surface area contributed by atoms with Gasteiger partial charge in [0.05, 0.1) is 30.3 Å². The van der Waals surface area contributed by atoms with Crippen molar-refractivity contribution < 1.29 is 9.52 Å². The van der Waals surface area contributed by atoms with Crippen LogP contribution in [0.25, 0.3) is 10.9 Å². The van der Waals surface area contributed by atoms with Crippen LogP contribution in [0.2, 0.25) is 5.02 Å². The Morgan fingerprint density at radius 2 is 2.23 bits per heavy atom. The molecule has 0 spiro atoms. The number of nitrogens with zero attached hydrogens (tertiary/aromatic N) is 2. The van der Waals surface area contributed by atoms with E-state index in [1.807, 2.05) is 0 Å². The van der Waals surface area contributed by atoms with Gasteiger partial charge in [-0.3, -0.25) is 9.36 Å². The average Bonchev–Trinajstić information content (AvgIpc) is 3.01.